The molecule has 1 saturated carbocycles. The van der Waals surface area contributed by atoms with E-state index in [0.29, 0.717) is 11.5 Å². The summed E-state index contributed by atoms with van der Waals surface area (Å²) in [6, 6.07) is 7.25. The van der Waals surface area contributed by atoms with E-state index >= 15 is 0 Å². The molecule has 1 aromatic carbocycles. The number of nitrogens with zero attached hydrogens (tertiary/aromatic N) is 1. The molecule has 3 nitrogen and oxygen atoms in total. The van der Waals surface area contributed by atoms with Gasteiger partial charge >= 0.3 is 0 Å². The van der Waals surface area contributed by atoms with E-state index in [1.807, 2.05) is 24.0 Å². The van der Waals surface area contributed by atoms with Crippen molar-refractivity contribution in [1.29, 1.82) is 0 Å². The van der Waals surface area contributed by atoms with E-state index in [1.54, 1.807) is 12.1 Å². The summed E-state index contributed by atoms with van der Waals surface area (Å²) in [6.45, 7) is 3.50. The van der Waals surface area contributed by atoms with Crippen LogP contribution in [-0.4, -0.2) is 35.6 Å². The SMILES string of the molecule is CCN(CC1CC1)C(=O)c1ccc(C#CCO)cc1. The first-order valence-corrected chi connectivity index (χ1v) is 6.73. The van der Waals surface area contributed by atoms with Gasteiger partial charge in [0.1, 0.15) is 6.61 Å². The lowest BCUT2D eigenvalue weighted by atomic mass is 10.1. The van der Waals surface area contributed by atoms with Crippen molar-refractivity contribution >= 4 is 5.91 Å². The first-order chi connectivity index (χ1) is 9.24. The maximum Gasteiger partial charge on any atom is 0.253 e. The third-order valence-corrected chi connectivity index (χ3v) is 3.29. The van der Waals surface area contributed by atoms with E-state index in [-0.39, 0.29) is 12.5 Å². The standard InChI is InChI=1S/C16H19NO2/c1-2-17(12-14-5-6-14)16(19)15-9-7-13(8-10-15)4-3-11-18/h7-10,14,18H,2,5-6,11-12H2,1H3. The van der Waals surface area contributed by atoms with Crippen LogP contribution in [0.4, 0.5) is 0 Å². The lowest BCUT2D eigenvalue weighted by molar-refractivity contribution is 0.0757. The largest absolute Gasteiger partial charge is 0.384 e. The van der Waals surface area contributed by atoms with Crippen LogP contribution in [0.15, 0.2) is 24.3 Å². The number of carbonyl (C=O) groups is 1. The molecule has 1 aliphatic rings. The third-order valence-electron chi connectivity index (χ3n) is 3.29. The molecule has 2 rings (SSSR count). The predicted octanol–water partition coefficient (Wildman–Crippen LogP) is 1.90. The highest BCUT2D eigenvalue weighted by molar-refractivity contribution is 5.94. The molecule has 0 heterocycles. The number of carbonyl (C=O) groups excluding carboxylic acids is 1. The Kier molecular flexibility index (Phi) is 4.59. The fourth-order valence-electron chi connectivity index (χ4n) is 1.99. The molecule has 3 heteroatoms. The molecular formula is C16H19NO2. The second kappa shape index (κ2) is 6.40. The van der Waals surface area contributed by atoms with Gasteiger partial charge in [-0.1, -0.05) is 11.8 Å². The Morgan fingerprint density at radius 3 is 2.58 bits per heavy atom. The summed E-state index contributed by atoms with van der Waals surface area (Å²) in [5.41, 5.74) is 1.52. The highest BCUT2D eigenvalue weighted by Gasteiger charge is 2.26. The zero-order valence-corrected chi connectivity index (χ0v) is 11.2. The van der Waals surface area contributed by atoms with E-state index < -0.39 is 0 Å². The zero-order chi connectivity index (χ0) is 13.7. The van der Waals surface area contributed by atoms with Crippen molar-refractivity contribution in [3.63, 3.8) is 0 Å². The van der Waals surface area contributed by atoms with Crippen molar-refractivity contribution in [2.75, 3.05) is 19.7 Å². The van der Waals surface area contributed by atoms with Crippen LogP contribution in [0.5, 0.6) is 0 Å². The lowest BCUT2D eigenvalue weighted by Gasteiger charge is -2.20. The van der Waals surface area contributed by atoms with Crippen LogP contribution in [-0.2, 0) is 0 Å². The van der Waals surface area contributed by atoms with Crippen LogP contribution in [0.3, 0.4) is 0 Å². The summed E-state index contributed by atoms with van der Waals surface area (Å²) in [4.78, 5) is 14.2. The molecule has 1 aliphatic carbocycles. The van der Waals surface area contributed by atoms with Gasteiger partial charge in [-0.3, -0.25) is 4.79 Å². The normalized spacial score (nSPS) is 13.6. The number of amides is 1. The summed E-state index contributed by atoms with van der Waals surface area (Å²) < 4.78 is 0. The quantitative estimate of drug-likeness (QED) is 0.837. The summed E-state index contributed by atoms with van der Waals surface area (Å²) >= 11 is 0. The fraction of sp³-hybridized carbons (Fsp3) is 0.438. The summed E-state index contributed by atoms with van der Waals surface area (Å²) in [5, 5.41) is 8.63. The molecule has 0 spiro atoms. The second-order valence-corrected chi connectivity index (χ2v) is 4.82. The van der Waals surface area contributed by atoms with E-state index in [0.717, 1.165) is 18.7 Å². The smallest absolute Gasteiger partial charge is 0.253 e. The maximum atomic E-state index is 12.3. The number of rotatable bonds is 4. The van der Waals surface area contributed by atoms with Crippen molar-refractivity contribution < 1.29 is 9.90 Å². The molecule has 0 saturated heterocycles. The molecule has 0 unspecified atom stereocenters. The van der Waals surface area contributed by atoms with E-state index in [1.165, 1.54) is 12.8 Å². The monoisotopic (exact) mass is 257 g/mol. The number of benzene rings is 1. The van der Waals surface area contributed by atoms with Gasteiger partial charge in [0.05, 0.1) is 0 Å². The molecule has 1 amide bonds. The fourth-order valence-corrected chi connectivity index (χ4v) is 1.99. The highest BCUT2D eigenvalue weighted by Crippen LogP contribution is 2.30. The van der Waals surface area contributed by atoms with Gasteiger partial charge in [-0.15, -0.1) is 0 Å². The van der Waals surface area contributed by atoms with Crippen molar-refractivity contribution in [2.24, 2.45) is 5.92 Å². The van der Waals surface area contributed by atoms with Gasteiger partial charge in [0, 0.05) is 24.2 Å². The molecule has 1 fully saturated rings. The molecule has 1 aromatic rings. The van der Waals surface area contributed by atoms with Crippen LogP contribution in [0.1, 0.15) is 35.7 Å². The minimum Gasteiger partial charge on any atom is -0.384 e. The predicted molar refractivity (Wildman–Crippen MR) is 74.7 cm³/mol. The second-order valence-electron chi connectivity index (χ2n) is 4.82. The minimum atomic E-state index is -0.147. The number of aliphatic hydroxyl groups excluding tert-OH is 1. The summed E-state index contributed by atoms with van der Waals surface area (Å²) in [7, 11) is 0. The van der Waals surface area contributed by atoms with Crippen LogP contribution in [0.25, 0.3) is 0 Å². The Hall–Kier alpha value is -1.79. The first kappa shape index (κ1) is 13.6. The Morgan fingerprint density at radius 1 is 1.37 bits per heavy atom. The number of hydrogen-bond acceptors (Lipinski definition) is 2. The maximum absolute atomic E-state index is 12.3. The van der Waals surface area contributed by atoms with E-state index in [2.05, 4.69) is 11.8 Å². The van der Waals surface area contributed by atoms with Crippen LogP contribution < -0.4 is 0 Å². The van der Waals surface area contributed by atoms with Gasteiger partial charge in [0.25, 0.3) is 5.91 Å². The lowest BCUT2D eigenvalue weighted by Crippen LogP contribution is -2.32. The first-order valence-electron chi connectivity index (χ1n) is 6.73. The Bertz CT molecular complexity index is 492. The van der Waals surface area contributed by atoms with Gasteiger partial charge in [-0.25, -0.2) is 0 Å². The topological polar surface area (TPSA) is 40.5 Å². The Morgan fingerprint density at radius 2 is 2.05 bits per heavy atom. The van der Waals surface area contributed by atoms with Crippen molar-refractivity contribution in [1.82, 2.24) is 4.90 Å². The van der Waals surface area contributed by atoms with Crippen LogP contribution in [0, 0.1) is 17.8 Å². The minimum absolute atomic E-state index is 0.0936. The molecule has 100 valence electrons. The van der Waals surface area contributed by atoms with Gasteiger partial charge < -0.3 is 10.0 Å². The number of aliphatic hydroxyl groups is 1. The van der Waals surface area contributed by atoms with Gasteiger partial charge in [0.2, 0.25) is 0 Å². The Labute approximate surface area is 114 Å². The molecule has 0 aromatic heterocycles. The molecule has 1 N–H and O–H groups in total. The van der Waals surface area contributed by atoms with E-state index in [9.17, 15) is 4.79 Å². The summed E-state index contributed by atoms with van der Waals surface area (Å²) in [6.07, 6.45) is 2.50. The van der Waals surface area contributed by atoms with E-state index in [4.69, 9.17) is 5.11 Å². The highest BCUT2D eigenvalue weighted by atomic mass is 16.2. The molecule has 0 aliphatic heterocycles. The Balaban J connectivity index is 2.04. The van der Waals surface area contributed by atoms with Crippen molar-refractivity contribution in [3.8, 4) is 11.8 Å². The van der Waals surface area contributed by atoms with Crippen LogP contribution >= 0.6 is 0 Å². The molecular weight excluding hydrogens is 238 g/mol. The van der Waals surface area contributed by atoms with Crippen molar-refractivity contribution in [3.05, 3.63) is 35.4 Å². The van der Waals surface area contributed by atoms with Crippen LogP contribution in [0.2, 0.25) is 0 Å². The third kappa shape index (κ3) is 3.84. The van der Waals surface area contributed by atoms with Gasteiger partial charge in [-0.2, -0.15) is 0 Å². The van der Waals surface area contributed by atoms with Crippen molar-refractivity contribution in [2.45, 2.75) is 19.8 Å². The molecule has 19 heavy (non-hydrogen) atoms. The molecule has 0 bridgehead atoms. The molecule has 0 radical (unpaired) electrons. The van der Waals surface area contributed by atoms with Gasteiger partial charge in [-0.05, 0) is 49.9 Å². The number of hydrogen-bond donors (Lipinski definition) is 1. The summed E-state index contributed by atoms with van der Waals surface area (Å²) in [5.74, 6) is 6.21. The average molecular weight is 257 g/mol. The molecule has 0 atom stereocenters. The zero-order valence-electron chi connectivity index (χ0n) is 11.2. The van der Waals surface area contributed by atoms with Gasteiger partial charge in [0.15, 0.2) is 0 Å². The average Bonchev–Trinajstić information content (AvgIpc) is 3.26.